The Hall–Kier alpha value is -2.03. The molecule has 0 atom stereocenters. The Morgan fingerprint density at radius 3 is 2.62 bits per heavy atom. The van der Waals surface area contributed by atoms with Gasteiger partial charge in [0.05, 0.1) is 7.11 Å². The van der Waals surface area contributed by atoms with Gasteiger partial charge in [-0.2, -0.15) is 0 Å². The SMILES string of the molecule is COc1ccc(-c2cc[nH]c(=O)c2)c(C)c1. The Morgan fingerprint density at radius 2 is 2.00 bits per heavy atom. The number of hydrogen-bond acceptors (Lipinski definition) is 2. The summed E-state index contributed by atoms with van der Waals surface area (Å²) >= 11 is 0. The van der Waals surface area contributed by atoms with Crippen LogP contribution in [0, 0.1) is 6.92 Å². The van der Waals surface area contributed by atoms with E-state index in [1.165, 1.54) is 0 Å². The van der Waals surface area contributed by atoms with E-state index in [1.54, 1.807) is 19.4 Å². The van der Waals surface area contributed by atoms with Crippen LogP contribution in [0.15, 0.2) is 41.3 Å². The van der Waals surface area contributed by atoms with Crippen molar-refractivity contribution >= 4 is 0 Å². The zero-order chi connectivity index (χ0) is 11.5. The summed E-state index contributed by atoms with van der Waals surface area (Å²) in [6.07, 6.45) is 1.65. The van der Waals surface area contributed by atoms with Crippen LogP contribution in [-0.4, -0.2) is 12.1 Å². The van der Waals surface area contributed by atoms with Crippen LogP contribution in [0.1, 0.15) is 5.56 Å². The molecule has 0 aliphatic rings. The third-order valence-corrected chi connectivity index (χ3v) is 2.52. The van der Waals surface area contributed by atoms with Gasteiger partial charge in [-0.15, -0.1) is 0 Å². The van der Waals surface area contributed by atoms with Crippen molar-refractivity contribution in [2.45, 2.75) is 6.92 Å². The van der Waals surface area contributed by atoms with Crippen LogP contribution in [0.3, 0.4) is 0 Å². The van der Waals surface area contributed by atoms with E-state index in [2.05, 4.69) is 4.98 Å². The van der Waals surface area contributed by atoms with Gasteiger partial charge >= 0.3 is 0 Å². The first kappa shape index (κ1) is 10.5. The summed E-state index contributed by atoms with van der Waals surface area (Å²) in [5, 5.41) is 0. The minimum atomic E-state index is -0.0901. The molecule has 3 nitrogen and oxygen atoms in total. The molecule has 0 fully saturated rings. The number of pyridine rings is 1. The average Bonchev–Trinajstić information content (AvgIpc) is 2.28. The molecular weight excluding hydrogens is 202 g/mol. The number of nitrogens with one attached hydrogen (secondary N) is 1. The van der Waals surface area contributed by atoms with Crippen LogP contribution in [0.4, 0.5) is 0 Å². The maximum absolute atomic E-state index is 11.2. The van der Waals surface area contributed by atoms with E-state index in [0.717, 1.165) is 22.4 Å². The van der Waals surface area contributed by atoms with Gasteiger partial charge in [0.25, 0.3) is 0 Å². The second-order valence-corrected chi connectivity index (χ2v) is 3.62. The first-order valence-corrected chi connectivity index (χ1v) is 5.04. The van der Waals surface area contributed by atoms with Gasteiger partial charge in [-0.05, 0) is 41.8 Å². The molecule has 0 aliphatic heterocycles. The third-order valence-electron chi connectivity index (χ3n) is 2.52. The molecule has 0 amide bonds. The molecule has 3 heteroatoms. The smallest absolute Gasteiger partial charge is 0.248 e. The molecule has 1 aromatic carbocycles. The molecule has 16 heavy (non-hydrogen) atoms. The van der Waals surface area contributed by atoms with Crippen molar-refractivity contribution in [2.24, 2.45) is 0 Å². The maximum Gasteiger partial charge on any atom is 0.248 e. The van der Waals surface area contributed by atoms with Gasteiger partial charge in [0.2, 0.25) is 5.56 Å². The van der Waals surface area contributed by atoms with Crippen molar-refractivity contribution in [1.29, 1.82) is 0 Å². The fourth-order valence-electron chi connectivity index (χ4n) is 1.70. The van der Waals surface area contributed by atoms with Gasteiger partial charge in [-0.3, -0.25) is 4.79 Å². The fraction of sp³-hybridized carbons (Fsp3) is 0.154. The Kier molecular flexibility index (Phi) is 2.77. The summed E-state index contributed by atoms with van der Waals surface area (Å²) in [6, 6.07) is 9.29. The Labute approximate surface area is 93.7 Å². The Morgan fingerprint density at radius 1 is 1.19 bits per heavy atom. The Balaban J connectivity index is 2.52. The third kappa shape index (κ3) is 1.98. The monoisotopic (exact) mass is 215 g/mol. The lowest BCUT2D eigenvalue weighted by molar-refractivity contribution is 0.414. The number of aromatic nitrogens is 1. The highest BCUT2D eigenvalue weighted by Crippen LogP contribution is 2.25. The topological polar surface area (TPSA) is 42.1 Å². The molecule has 82 valence electrons. The van der Waals surface area contributed by atoms with Crippen molar-refractivity contribution in [3.63, 3.8) is 0 Å². The van der Waals surface area contributed by atoms with Crippen LogP contribution in [0.5, 0.6) is 5.75 Å². The van der Waals surface area contributed by atoms with E-state index < -0.39 is 0 Å². The molecule has 0 spiro atoms. The number of benzene rings is 1. The molecular formula is C13H13NO2. The number of aromatic amines is 1. The number of methoxy groups -OCH3 is 1. The van der Waals surface area contributed by atoms with E-state index in [0.29, 0.717) is 0 Å². The van der Waals surface area contributed by atoms with E-state index in [9.17, 15) is 4.79 Å². The molecule has 0 bridgehead atoms. The van der Waals surface area contributed by atoms with Gasteiger partial charge in [-0.1, -0.05) is 6.07 Å². The van der Waals surface area contributed by atoms with Gasteiger partial charge in [0, 0.05) is 12.3 Å². The van der Waals surface area contributed by atoms with E-state index >= 15 is 0 Å². The quantitative estimate of drug-likeness (QED) is 0.835. The Bertz CT molecular complexity index is 558. The molecule has 2 rings (SSSR count). The van der Waals surface area contributed by atoms with Crippen molar-refractivity contribution in [3.8, 4) is 16.9 Å². The summed E-state index contributed by atoms with van der Waals surface area (Å²) in [4.78, 5) is 13.8. The number of hydrogen-bond donors (Lipinski definition) is 1. The van der Waals surface area contributed by atoms with E-state index in [1.807, 2.05) is 31.2 Å². The second-order valence-electron chi connectivity index (χ2n) is 3.62. The van der Waals surface area contributed by atoms with Crippen molar-refractivity contribution in [1.82, 2.24) is 4.98 Å². The highest BCUT2D eigenvalue weighted by molar-refractivity contribution is 5.67. The van der Waals surface area contributed by atoms with Gasteiger partial charge in [0.1, 0.15) is 5.75 Å². The summed E-state index contributed by atoms with van der Waals surface area (Å²) in [6.45, 7) is 2.00. The molecule has 1 heterocycles. The first-order chi connectivity index (χ1) is 7.70. The number of H-pyrrole nitrogens is 1. The van der Waals surface area contributed by atoms with Gasteiger partial charge < -0.3 is 9.72 Å². The predicted octanol–water partition coefficient (Wildman–Crippen LogP) is 2.36. The highest BCUT2D eigenvalue weighted by Gasteiger charge is 2.03. The zero-order valence-electron chi connectivity index (χ0n) is 9.28. The van der Waals surface area contributed by atoms with Gasteiger partial charge in [0.15, 0.2) is 0 Å². The second kappa shape index (κ2) is 4.23. The molecule has 0 saturated heterocycles. The molecule has 0 saturated carbocycles. The molecule has 0 radical (unpaired) electrons. The average molecular weight is 215 g/mol. The number of rotatable bonds is 2. The molecule has 1 N–H and O–H groups in total. The molecule has 0 aliphatic carbocycles. The van der Waals surface area contributed by atoms with E-state index in [-0.39, 0.29) is 5.56 Å². The summed E-state index contributed by atoms with van der Waals surface area (Å²) in [5.74, 6) is 0.825. The van der Waals surface area contributed by atoms with Crippen LogP contribution in [0.25, 0.3) is 11.1 Å². The van der Waals surface area contributed by atoms with Crippen molar-refractivity contribution in [3.05, 3.63) is 52.4 Å². The van der Waals surface area contributed by atoms with Crippen LogP contribution in [-0.2, 0) is 0 Å². The number of ether oxygens (including phenoxy) is 1. The lowest BCUT2D eigenvalue weighted by Crippen LogP contribution is -2.02. The van der Waals surface area contributed by atoms with Crippen LogP contribution in [0.2, 0.25) is 0 Å². The molecule has 1 aromatic heterocycles. The normalized spacial score (nSPS) is 10.1. The molecule has 2 aromatic rings. The minimum absolute atomic E-state index is 0.0901. The van der Waals surface area contributed by atoms with E-state index in [4.69, 9.17) is 4.74 Å². The number of aryl methyl sites for hydroxylation is 1. The standard InChI is InChI=1S/C13H13NO2/c1-9-7-11(16-2)3-4-12(9)10-5-6-14-13(15)8-10/h3-8H,1-2H3,(H,14,15). The lowest BCUT2D eigenvalue weighted by Gasteiger charge is -2.07. The summed E-state index contributed by atoms with van der Waals surface area (Å²) in [5.41, 5.74) is 2.97. The van der Waals surface area contributed by atoms with Crippen molar-refractivity contribution in [2.75, 3.05) is 7.11 Å². The fourth-order valence-corrected chi connectivity index (χ4v) is 1.70. The maximum atomic E-state index is 11.2. The lowest BCUT2D eigenvalue weighted by atomic mass is 10.0. The minimum Gasteiger partial charge on any atom is -0.497 e. The van der Waals surface area contributed by atoms with Crippen LogP contribution >= 0.6 is 0 Å². The van der Waals surface area contributed by atoms with Crippen LogP contribution < -0.4 is 10.3 Å². The molecule has 0 unspecified atom stereocenters. The van der Waals surface area contributed by atoms with Gasteiger partial charge in [-0.25, -0.2) is 0 Å². The zero-order valence-corrected chi connectivity index (χ0v) is 9.28. The van der Waals surface area contributed by atoms with Crippen molar-refractivity contribution < 1.29 is 4.74 Å². The summed E-state index contributed by atoms with van der Waals surface area (Å²) < 4.78 is 5.14. The summed E-state index contributed by atoms with van der Waals surface area (Å²) in [7, 11) is 1.64. The highest BCUT2D eigenvalue weighted by atomic mass is 16.5. The predicted molar refractivity (Wildman–Crippen MR) is 63.8 cm³/mol. The first-order valence-electron chi connectivity index (χ1n) is 5.04. The largest absolute Gasteiger partial charge is 0.497 e.